The van der Waals surface area contributed by atoms with Crippen LogP contribution >= 0.6 is 23.2 Å². The number of rotatable bonds is 4. The Morgan fingerprint density at radius 2 is 1.91 bits per heavy atom. The van der Waals surface area contributed by atoms with Gasteiger partial charge >= 0.3 is 0 Å². The molecule has 1 aromatic heterocycles. The third-order valence-electron chi connectivity index (χ3n) is 5.47. The van der Waals surface area contributed by atoms with E-state index in [0.717, 1.165) is 11.1 Å². The molecule has 2 heterocycles. The summed E-state index contributed by atoms with van der Waals surface area (Å²) in [5.74, 6) is -0.0251. The molecule has 0 radical (unpaired) electrons. The smallest absolute Gasteiger partial charge is 0.258 e. The first-order chi connectivity index (χ1) is 15.1. The van der Waals surface area contributed by atoms with Gasteiger partial charge in [-0.25, -0.2) is 4.39 Å². The molecule has 0 saturated heterocycles. The average Bonchev–Trinajstić information content (AvgIpc) is 3.28. The Balaban J connectivity index is 1.53. The first-order valence-electron chi connectivity index (χ1n) is 9.77. The summed E-state index contributed by atoms with van der Waals surface area (Å²) in [6.07, 6.45) is 0.424. The molecule has 166 valence electrons. The molecule has 4 rings (SSSR count). The van der Waals surface area contributed by atoms with Crippen molar-refractivity contribution in [2.24, 2.45) is 12.2 Å². The quantitative estimate of drug-likeness (QED) is 0.527. The van der Waals surface area contributed by atoms with Gasteiger partial charge in [-0.15, -0.1) is 5.10 Å². The predicted molar refractivity (Wildman–Crippen MR) is 121 cm³/mol. The van der Waals surface area contributed by atoms with Crippen molar-refractivity contribution in [2.45, 2.75) is 32.8 Å². The number of amides is 1. The number of carbonyl (C=O) groups is 1. The fourth-order valence-electron chi connectivity index (χ4n) is 3.49. The van der Waals surface area contributed by atoms with E-state index in [1.54, 1.807) is 30.8 Å². The van der Waals surface area contributed by atoms with E-state index in [1.165, 1.54) is 12.1 Å². The van der Waals surface area contributed by atoms with Crippen LogP contribution in [0.15, 0.2) is 35.5 Å². The first kappa shape index (κ1) is 22.2. The summed E-state index contributed by atoms with van der Waals surface area (Å²) in [6.45, 7) is 5.47. The molecule has 0 spiro atoms. The monoisotopic (exact) mass is 475 g/mol. The topological polar surface area (TPSA) is 81.4 Å². The standard InChI is InChI=1S/C22H20Cl2FN5O2/c1-11-7-13(5-6-15(11)20(31)27-21-26-12(2)30(4)28-21)18-10-22(3,32-29-18)14-8-16(23)19(25)17(24)9-14/h5-9H,10H2,1-4H3,(H,27,28,31). The van der Waals surface area contributed by atoms with Gasteiger partial charge in [0.05, 0.1) is 15.8 Å². The number of aryl methyl sites for hydroxylation is 3. The minimum atomic E-state index is -0.844. The highest BCUT2D eigenvalue weighted by Gasteiger charge is 2.37. The maximum Gasteiger partial charge on any atom is 0.258 e. The van der Waals surface area contributed by atoms with Gasteiger partial charge in [0.15, 0.2) is 11.4 Å². The van der Waals surface area contributed by atoms with Crippen molar-refractivity contribution in [1.29, 1.82) is 0 Å². The van der Waals surface area contributed by atoms with E-state index in [4.69, 9.17) is 28.0 Å². The maximum absolute atomic E-state index is 13.8. The summed E-state index contributed by atoms with van der Waals surface area (Å²) in [7, 11) is 1.75. The van der Waals surface area contributed by atoms with Crippen LogP contribution in [-0.2, 0) is 17.5 Å². The van der Waals surface area contributed by atoms with Crippen LogP contribution in [0.4, 0.5) is 10.3 Å². The first-order valence-corrected chi connectivity index (χ1v) is 10.5. The molecule has 3 aromatic rings. The summed E-state index contributed by atoms with van der Waals surface area (Å²) in [5.41, 5.74) is 2.55. The molecule has 1 unspecified atom stereocenters. The number of nitrogens with one attached hydrogen (secondary N) is 1. The number of nitrogens with zero attached hydrogens (tertiary/aromatic N) is 4. The second-order valence-electron chi connectivity index (χ2n) is 7.88. The largest absolute Gasteiger partial charge is 0.384 e. The summed E-state index contributed by atoms with van der Waals surface area (Å²) < 4.78 is 15.4. The highest BCUT2D eigenvalue weighted by Crippen LogP contribution is 2.39. The molecular weight excluding hydrogens is 456 g/mol. The highest BCUT2D eigenvalue weighted by atomic mass is 35.5. The lowest BCUT2D eigenvalue weighted by Crippen LogP contribution is -2.22. The van der Waals surface area contributed by atoms with Crippen molar-refractivity contribution in [3.63, 3.8) is 0 Å². The molecule has 2 aromatic carbocycles. The number of carbonyl (C=O) groups excluding carboxylic acids is 1. The van der Waals surface area contributed by atoms with Gasteiger partial charge in [0, 0.05) is 24.6 Å². The number of hydrogen-bond donors (Lipinski definition) is 1. The fourth-order valence-corrected chi connectivity index (χ4v) is 3.98. The molecule has 1 atom stereocenters. The van der Waals surface area contributed by atoms with Crippen molar-refractivity contribution in [3.05, 3.63) is 74.3 Å². The van der Waals surface area contributed by atoms with Gasteiger partial charge in [-0.3, -0.25) is 14.8 Å². The lowest BCUT2D eigenvalue weighted by atomic mass is 9.88. The van der Waals surface area contributed by atoms with E-state index >= 15 is 0 Å². The number of benzene rings is 2. The molecule has 1 aliphatic rings. The van der Waals surface area contributed by atoms with Crippen LogP contribution in [0.1, 0.15) is 46.2 Å². The lowest BCUT2D eigenvalue weighted by Gasteiger charge is -2.22. The Bertz CT molecular complexity index is 1230. The molecule has 1 aliphatic heterocycles. The van der Waals surface area contributed by atoms with E-state index < -0.39 is 11.4 Å². The summed E-state index contributed by atoms with van der Waals surface area (Å²) in [4.78, 5) is 22.6. The van der Waals surface area contributed by atoms with Crippen molar-refractivity contribution < 1.29 is 14.0 Å². The minimum Gasteiger partial charge on any atom is -0.384 e. The number of halogens is 3. The number of anilines is 1. The second-order valence-corrected chi connectivity index (χ2v) is 8.70. The zero-order chi connectivity index (χ0) is 23.2. The molecule has 0 fully saturated rings. The van der Waals surface area contributed by atoms with Gasteiger partial charge in [0.25, 0.3) is 5.91 Å². The van der Waals surface area contributed by atoms with E-state index in [1.807, 2.05) is 19.9 Å². The summed E-state index contributed by atoms with van der Waals surface area (Å²) in [5, 5.41) is 10.9. The van der Waals surface area contributed by atoms with Gasteiger partial charge in [0.1, 0.15) is 5.82 Å². The third kappa shape index (κ3) is 4.08. The second kappa shape index (κ2) is 8.18. The molecular formula is C22H20Cl2FN5O2. The minimum absolute atomic E-state index is 0.0745. The molecule has 0 aliphatic carbocycles. The number of oxime groups is 1. The number of hydrogen-bond acceptors (Lipinski definition) is 5. The summed E-state index contributed by atoms with van der Waals surface area (Å²) in [6, 6.07) is 8.38. The summed E-state index contributed by atoms with van der Waals surface area (Å²) >= 11 is 11.9. The molecule has 1 amide bonds. The Kier molecular flexibility index (Phi) is 5.68. The van der Waals surface area contributed by atoms with Gasteiger partial charge in [-0.2, -0.15) is 4.98 Å². The number of aromatic nitrogens is 3. The molecule has 1 N–H and O–H groups in total. The Hall–Kier alpha value is -2.97. The Morgan fingerprint density at radius 3 is 2.50 bits per heavy atom. The van der Waals surface area contributed by atoms with Crippen LogP contribution in [0.2, 0.25) is 10.0 Å². The van der Waals surface area contributed by atoms with Gasteiger partial charge in [-0.1, -0.05) is 34.4 Å². The third-order valence-corrected chi connectivity index (χ3v) is 6.02. The molecule has 32 heavy (non-hydrogen) atoms. The molecule has 10 heteroatoms. The highest BCUT2D eigenvalue weighted by molar-refractivity contribution is 6.35. The van der Waals surface area contributed by atoms with Crippen molar-refractivity contribution >= 4 is 40.8 Å². The van der Waals surface area contributed by atoms with Crippen molar-refractivity contribution in [2.75, 3.05) is 5.32 Å². The molecule has 7 nitrogen and oxygen atoms in total. The lowest BCUT2D eigenvalue weighted by molar-refractivity contribution is -0.00741. The van der Waals surface area contributed by atoms with Crippen LogP contribution < -0.4 is 5.32 Å². The molecule has 0 bridgehead atoms. The zero-order valence-corrected chi connectivity index (χ0v) is 19.3. The van der Waals surface area contributed by atoms with Crippen molar-refractivity contribution in [3.8, 4) is 0 Å². The van der Waals surface area contributed by atoms with Crippen LogP contribution in [0.25, 0.3) is 0 Å². The van der Waals surface area contributed by atoms with E-state index in [-0.39, 0.29) is 21.9 Å². The fraction of sp³-hybridized carbons (Fsp3) is 0.273. The van der Waals surface area contributed by atoms with E-state index in [9.17, 15) is 9.18 Å². The Morgan fingerprint density at radius 1 is 1.22 bits per heavy atom. The Labute approximate surface area is 194 Å². The van der Waals surface area contributed by atoms with Gasteiger partial charge in [-0.05, 0) is 56.2 Å². The van der Waals surface area contributed by atoms with Crippen LogP contribution in [0.3, 0.4) is 0 Å². The maximum atomic E-state index is 13.8. The van der Waals surface area contributed by atoms with E-state index in [0.29, 0.717) is 29.1 Å². The molecule has 0 saturated carbocycles. The van der Waals surface area contributed by atoms with Crippen molar-refractivity contribution in [1.82, 2.24) is 14.8 Å². The van der Waals surface area contributed by atoms with Gasteiger partial charge < -0.3 is 4.84 Å². The van der Waals surface area contributed by atoms with E-state index in [2.05, 4.69) is 20.6 Å². The average molecular weight is 476 g/mol. The SMILES string of the molecule is Cc1cc(C2=NOC(C)(c3cc(Cl)c(F)c(Cl)c3)C2)ccc1C(=O)Nc1nc(C)n(C)n1. The predicted octanol–water partition coefficient (Wildman–Crippen LogP) is 5.17. The van der Waals surface area contributed by atoms with Crippen LogP contribution in [-0.4, -0.2) is 26.4 Å². The van der Waals surface area contributed by atoms with Crippen LogP contribution in [0.5, 0.6) is 0 Å². The zero-order valence-electron chi connectivity index (χ0n) is 17.8. The van der Waals surface area contributed by atoms with Crippen LogP contribution in [0, 0.1) is 19.7 Å². The van der Waals surface area contributed by atoms with Gasteiger partial charge in [0.2, 0.25) is 5.95 Å². The normalized spacial score (nSPS) is 17.8.